The van der Waals surface area contributed by atoms with Gasteiger partial charge in [-0.3, -0.25) is 0 Å². The number of hydrogen-bond acceptors (Lipinski definition) is 2. The molecule has 0 aliphatic heterocycles. The van der Waals surface area contributed by atoms with E-state index in [9.17, 15) is 9.50 Å². The van der Waals surface area contributed by atoms with Crippen LogP contribution in [-0.2, 0) is 11.2 Å². The highest BCUT2D eigenvalue weighted by atomic mass is 79.9. The highest BCUT2D eigenvalue weighted by Crippen LogP contribution is 2.21. The molecule has 4 heteroatoms. The number of ether oxygens (including phenoxy) is 1. The van der Waals surface area contributed by atoms with Crippen LogP contribution in [-0.4, -0.2) is 23.9 Å². The van der Waals surface area contributed by atoms with Crippen molar-refractivity contribution in [2.45, 2.75) is 38.4 Å². The highest BCUT2D eigenvalue weighted by molar-refractivity contribution is 9.10. The predicted molar refractivity (Wildman–Crippen MR) is 69.5 cm³/mol. The Morgan fingerprint density at radius 2 is 2.12 bits per heavy atom. The summed E-state index contributed by atoms with van der Waals surface area (Å²) in [7, 11) is 1.60. The summed E-state index contributed by atoms with van der Waals surface area (Å²) in [6.45, 7) is 3.79. The van der Waals surface area contributed by atoms with E-state index in [1.807, 2.05) is 13.8 Å². The van der Waals surface area contributed by atoms with E-state index in [1.54, 1.807) is 19.2 Å². The monoisotopic (exact) mass is 304 g/mol. The molecule has 1 aromatic rings. The van der Waals surface area contributed by atoms with Gasteiger partial charge in [-0.1, -0.05) is 15.9 Å². The van der Waals surface area contributed by atoms with E-state index in [1.165, 1.54) is 6.07 Å². The molecule has 0 aliphatic carbocycles. The van der Waals surface area contributed by atoms with Crippen LogP contribution in [0.2, 0.25) is 0 Å². The minimum absolute atomic E-state index is 0.289. The molecule has 96 valence electrons. The molecule has 1 rings (SSSR count). The summed E-state index contributed by atoms with van der Waals surface area (Å²) in [6, 6.07) is 4.73. The van der Waals surface area contributed by atoms with Crippen molar-refractivity contribution in [3.8, 4) is 0 Å². The van der Waals surface area contributed by atoms with Crippen molar-refractivity contribution in [1.82, 2.24) is 0 Å². The Kier molecular flexibility index (Phi) is 5.10. The molecular weight excluding hydrogens is 287 g/mol. The maximum absolute atomic E-state index is 13.5. The average Bonchev–Trinajstić information content (AvgIpc) is 2.23. The van der Waals surface area contributed by atoms with E-state index in [4.69, 9.17) is 4.74 Å². The molecule has 0 aliphatic rings. The van der Waals surface area contributed by atoms with Crippen LogP contribution in [0, 0.1) is 5.82 Å². The second kappa shape index (κ2) is 5.94. The molecular formula is C13H18BrFO2. The molecule has 17 heavy (non-hydrogen) atoms. The molecule has 1 unspecified atom stereocenters. The summed E-state index contributed by atoms with van der Waals surface area (Å²) in [5.41, 5.74) is 0.112. The lowest BCUT2D eigenvalue weighted by atomic mass is 9.96. The Hall–Kier alpha value is -0.450. The fourth-order valence-corrected chi connectivity index (χ4v) is 2.09. The summed E-state index contributed by atoms with van der Waals surface area (Å²) < 4.78 is 19.5. The van der Waals surface area contributed by atoms with Gasteiger partial charge < -0.3 is 9.84 Å². The molecule has 0 saturated heterocycles. The molecule has 0 radical (unpaired) electrons. The zero-order valence-corrected chi connectivity index (χ0v) is 11.9. The van der Waals surface area contributed by atoms with Gasteiger partial charge in [0.15, 0.2) is 0 Å². The Balaban J connectivity index is 2.68. The Bertz CT molecular complexity index is 380. The first-order valence-electron chi connectivity index (χ1n) is 5.51. The van der Waals surface area contributed by atoms with Crippen molar-refractivity contribution in [1.29, 1.82) is 0 Å². The normalized spacial score (nSPS) is 13.8. The zero-order valence-electron chi connectivity index (χ0n) is 10.3. The van der Waals surface area contributed by atoms with Crippen LogP contribution >= 0.6 is 15.9 Å². The van der Waals surface area contributed by atoms with Crippen molar-refractivity contribution >= 4 is 15.9 Å². The van der Waals surface area contributed by atoms with Crippen LogP contribution in [0.5, 0.6) is 0 Å². The van der Waals surface area contributed by atoms with E-state index in [0.717, 1.165) is 4.47 Å². The first-order valence-corrected chi connectivity index (χ1v) is 6.30. The van der Waals surface area contributed by atoms with Gasteiger partial charge in [-0.25, -0.2) is 4.39 Å². The fourth-order valence-electron chi connectivity index (χ4n) is 1.68. The molecule has 0 fully saturated rings. The first kappa shape index (κ1) is 14.6. The average molecular weight is 305 g/mol. The van der Waals surface area contributed by atoms with Crippen LogP contribution in [0.3, 0.4) is 0 Å². The van der Waals surface area contributed by atoms with Gasteiger partial charge in [-0.15, -0.1) is 0 Å². The van der Waals surface area contributed by atoms with Crippen LogP contribution in [0.25, 0.3) is 0 Å². The van der Waals surface area contributed by atoms with Gasteiger partial charge in [0.1, 0.15) is 5.82 Å². The molecule has 1 aromatic carbocycles. The first-order chi connectivity index (χ1) is 7.84. The summed E-state index contributed by atoms with van der Waals surface area (Å²) in [4.78, 5) is 0. The summed E-state index contributed by atoms with van der Waals surface area (Å²) in [6.07, 6.45) is 0.141. The Labute approximate surface area is 110 Å². The van der Waals surface area contributed by atoms with Crippen molar-refractivity contribution < 1.29 is 14.2 Å². The minimum atomic E-state index is -0.617. The number of benzene rings is 1. The number of hydrogen-bond donors (Lipinski definition) is 1. The second-order valence-electron chi connectivity index (χ2n) is 4.76. The molecule has 0 amide bonds. The molecule has 0 heterocycles. The van der Waals surface area contributed by atoms with Gasteiger partial charge in [0, 0.05) is 24.4 Å². The van der Waals surface area contributed by atoms with E-state index < -0.39 is 11.7 Å². The van der Waals surface area contributed by atoms with Gasteiger partial charge >= 0.3 is 0 Å². The summed E-state index contributed by atoms with van der Waals surface area (Å²) in [5, 5.41) is 9.92. The number of rotatable bonds is 5. The highest BCUT2D eigenvalue weighted by Gasteiger charge is 2.22. The van der Waals surface area contributed by atoms with E-state index >= 15 is 0 Å². The van der Waals surface area contributed by atoms with Gasteiger partial charge in [-0.05, 0) is 37.6 Å². The summed E-state index contributed by atoms with van der Waals surface area (Å²) >= 11 is 3.29. The lowest BCUT2D eigenvalue weighted by Crippen LogP contribution is -2.29. The third kappa shape index (κ3) is 4.74. The summed E-state index contributed by atoms with van der Waals surface area (Å²) in [5.74, 6) is -0.289. The Morgan fingerprint density at radius 1 is 1.47 bits per heavy atom. The van der Waals surface area contributed by atoms with Crippen LogP contribution < -0.4 is 0 Å². The van der Waals surface area contributed by atoms with Crippen molar-refractivity contribution in [3.05, 3.63) is 34.1 Å². The molecule has 0 bridgehead atoms. The third-order valence-electron chi connectivity index (χ3n) is 2.74. The molecule has 0 spiro atoms. The van der Waals surface area contributed by atoms with E-state index in [2.05, 4.69) is 15.9 Å². The van der Waals surface area contributed by atoms with Crippen LogP contribution in [0.4, 0.5) is 4.39 Å². The molecule has 2 nitrogen and oxygen atoms in total. The smallest absolute Gasteiger partial charge is 0.126 e. The van der Waals surface area contributed by atoms with Crippen molar-refractivity contribution in [3.63, 3.8) is 0 Å². The van der Waals surface area contributed by atoms with Gasteiger partial charge in [0.05, 0.1) is 11.7 Å². The van der Waals surface area contributed by atoms with E-state index in [0.29, 0.717) is 12.0 Å². The van der Waals surface area contributed by atoms with Crippen molar-refractivity contribution in [2.75, 3.05) is 7.11 Å². The standard InChI is InChI=1S/C13H18BrFO2/c1-13(2,17-3)8-11(16)7-9-6-10(14)4-5-12(9)15/h4-6,11,16H,7-8H2,1-3H3. The van der Waals surface area contributed by atoms with E-state index in [-0.39, 0.29) is 12.2 Å². The third-order valence-corrected chi connectivity index (χ3v) is 3.24. The Morgan fingerprint density at radius 3 is 2.71 bits per heavy atom. The van der Waals surface area contributed by atoms with Crippen LogP contribution in [0.15, 0.2) is 22.7 Å². The second-order valence-corrected chi connectivity index (χ2v) is 5.68. The quantitative estimate of drug-likeness (QED) is 0.904. The number of aliphatic hydroxyl groups is 1. The van der Waals surface area contributed by atoms with Crippen LogP contribution in [0.1, 0.15) is 25.8 Å². The number of methoxy groups -OCH3 is 1. The molecule has 0 saturated carbocycles. The maximum Gasteiger partial charge on any atom is 0.126 e. The molecule has 1 atom stereocenters. The SMILES string of the molecule is COC(C)(C)CC(O)Cc1cc(Br)ccc1F. The fraction of sp³-hybridized carbons (Fsp3) is 0.538. The minimum Gasteiger partial charge on any atom is -0.393 e. The lowest BCUT2D eigenvalue weighted by Gasteiger charge is -2.25. The zero-order chi connectivity index (χ0) is 13.1. The van der Waals surface area contributed by atoms with Gasteiger partial charge in [0.2, 0.25) is 0 Å². The topological polar surface area (TPSA) is 29.5 Å². The van der Waals surface area contributed by atoms with Gasteiger partial charge in [-0.2, -0.15) is 0 Å². The van der Waals surface area contributed by atoms with Crippen molar-refractivity contribution in [2.24, 2.45) is 0 Å². The predicted octanol–water partition coefficient (Wildman–Crippen LogP) is 3.31. The number of halogens is 2. The number of aliphatic hydroxyl groups excluding tert-OH is 1. The molecule has 1 N–H and O–H groups in total. The van der Waals surface area contributed by atoms with Gasteiger partial charge in [0.25, 0.3) is 0 Å². The lowest BCUT2D eigenvalue weighted by molar-refractivity contribution is -0.0192. The maximum atomic E-state index is 13.5. The largest absolute Gasteiger partial charge is 0.393 e. The molecule has 0 aromatic heterocycles.